The van der Waals surface area contributed by atoms with Gasteiger partial charge < -0.3 is 15.2 Å². The second-order valence-electron chi connectivity index (χ2n) is 4.71. The van der Waals surface area contributed by atoms with Crippen LogP contribution in [0.15, 0.2) is 30.3 Å². The SMILES string of the molecule is COCC(C)(C)C(NC(=O)O)c1ccccc1. The fourth-order valence-electron chi connectivity index (χ4n) is 1.95. The summed E-state index contributed by atoms with van der Waals surface area (Å²) in [6.45, 7) is 4.43. The molecule has 1 atom stereocenters. The highest BCUT2D eigenvalue weighted by Crippen LogP contribution is 2.33. The zero-order valence-corrected chi connectivity index (χ0v) is 10.4. The molecule has 0 aliphatic carbocycles. The highest BCUT2D eigenvalue weighted by atomic mass is 16.5. The highest BCUT2D eigenvalue weighted by molar-refractivity contribution is 5.65. The van der Waals surface area contributed by atoms with Crippen LogP contribution in [0.1, 0.15) is 25.5 Å². The maximum absolute atomic E-state index is 10.9. The average molecular weight is 237 g/mol. The van der Waals surface area contributed by atoms with Crippen molar-refractivity contribution < 1.29 is 14.6 Å². The van der Waals surface area contributed by atoms with E-state index in [1.165, 1.54) is 0 Å². The third-order valence-electron chi connectivity index (χ3n) is 2.70. The van der Waals surface area contributed by atoms with E-state index in [-0.39, 0.29) is 11.5 Å². The number of methoxy groups -OCH3 is 1. The smallest absolute Gasteiger partial charge is 0.405 e. The molecule has 0 aliphatic heterocycles. The van der Waals surface area contributed by atoms with Gasteiger partial charge in [-0.05, 0) is 5.56 Å². The van der Waals surface area contributed by atoms with Crippen molar-refractivity contribution in [3.8, 4) is 0 Å². The summed E-state index contributed by atoms with van der Waals surface area (Å²) in [5, 5.41) is 11.5. The second kappa shape index (κ2) is 5.68. The summed E-state index contributed by atoms with van der Waals surface area (Å²) in [4.78, 5) is 10.9. The topological polar surface area (TPSA) is 58.6 Å². The third kappa shape index (κ3) is 3.75. The Hall–Kier alpha value is -1.55. The van der Waals surface area contributed by atoms with Gasteiger partial charge in [-0.15, -0.1) is 0 Å². The largest absolute Gasteiger partial charge is 0.465 e. The molecule has 1 aromatic rings. The fraction of sp³-hybridized carbons (Fsp3) is 0.462. The van der Waals surface area contributed by atoms with Crippen LogP contribution in [0, 0.1) is 5.41 Å². The molecule has 1 aromatic carbocycles. The summed E-state index contributed by atoms with van der Waals surface area (Å²) < 4.78 is 5.16. The molecule has 17 heavy (non-hydrogen) atoms. The van der Waals surface area contributed by atoms with E-state index in [9.17, 15) is 4.79 Å². The molecule has 0 heterocycles. The molecular formula is C13H19NO3. The number of benzene rings is 1. The fourth-order valence-corrected chi connectivity index (χ4v) is 1.95. The van der Waals surface area contributed by atoms with Crippen LogP contribution < -0.4 is 5.32 Å². The molecule has 1 unspecified atom stereocenters. The quantitative estimate of drug-likeness (QED) is 0.827. The van der Waals surface area contributed by atoms with E-state index in [0.29, 0.717) is 6.61 Å². The Balaban J connectivity index is 2.99. The number of hydrogen-bond acceptors (Lipinski definition) is 2. The predicted molar refractivity (Wildman–Crippen MR) is 66.0 cm³/mol. The van der Waals surface area contributed by atoms with Gasteiger partial charge in [0.1, 0.15) is 0 Å². The van der Waals surface area contributed by atoms with Crippen LogP contribution in [0.4, 0.5) is 4.79 Å². The molecule has 0 bridgehead atoms. The first-order valence-electron chi connectivity index (χ1n) is 5.50. The Morgan fingerprint density at radius 2 is 2.00 bits per heavy atom. The molecule has 4 heteroatoms. The summed E-state index contributed by atoms with van der Waals surface area (Å²) >= 11 is 0. The number of carbonyl (C=O) groups is 1. The van der Waals surface area contributed by atoms with Crippen molar-refractivity contribution in [2.75, 3.05) is 13.7 Å². The lowest BCUT2D eigenvalue weighted by Gasteiger charge is -2.33. The van der Waals surface area contributed by atoms with Crippen LogP contribution in [0.5, 0.6) is 0 Å². The molecule has 1 rings (SSSR count). The maximum Gasteiger partial charge on any atom is 0.405 e. The molecule has 0 saturated carbocycles. The second-order valence-corrected chi connectivity index (χ2v) is 4.71. The monoisotopic (exact) mass is 237 g/mol. The molecule has 0 saturated heterocycles. The zero-order chi connectivity index (χ0) is 12.9. The van der Waals surface area contributed by atoms with E-state index in [4.69, 9.17) is 9.84 Å². The third-order valence-corrected chi connectivity index (χ3v) is 2.70. The van der Waals surface area contributed by atoms with E-state index in [2.05, 4.69) is 5.32 Å². The van der Waals surface area contributed by atoms with Gasteiger partial charge in [-0.3, -0.25) is 0 Å². The summed E-state index contributed by atoms with van der Waals surface area (Å²) in [7, 11) is 1.62. The maximum atomic E-state index is 10.9. The van der Waals surface area contributed by atoms with Crippen LogP contribution >= 0.6 is 0 Å². The molecule has 2 N–H and O–H groups in total. The van der Waals surface area contributed by atoms with Crippen LogP contribution in [0.3, 0.4) is 0 Å². The van der Waals surface area contributed by atoms with Crippen molar-refractivity contribution >= 4 is 6.09 Å². The van der Waals surface area contributed by atoms with Crippen LogP contribution in [0.2, 0.25) is 0 Å². The van der Waals surface area contributed by atoms with Crippen LogP contribution in [-0.2, 0) is 4.74 Å². The number of rotatable bonds is 5. The number of ether oxygens (including phenoxy) is 1. The van der Waals surface area contributed by atoms with Crippen molar-refractivity contribution in [2.24, 2.45) is 5.41 Å². The van der Waals surface area contributed by atoms with Crippen molar-refractivity contribution in [3.63, 3.8) is 0 Å². The van der Waals surface area contributed by atoms with E-state index >= 15 is 0 Å². The highest BCUT2D eigenvalue weighted by Gasteiger charge is 2.32. The first-order chi connectivity index (χ1) is 7.97. The first kappa shape index (κ1) is 13.5. The Morgan fingerprint density at radius 3 is 2.47 bits per heavy atom. The standard InChI is InChI=1S/C13H19NO3/c1-13(2,9-17-3)11(14-12(15)16)10-7-5-4-6-8-10/h4-8,11,14H,9H2,1-3H3,(H,15,16). The van der Waals surface area contributed by atoms with E-state index in [0.717, 1.165) is 5.56 Å². The lowest BCUT2D eigenvalue weighted by Crippen LogP contribution is -2.39. The van der Waals surface area contributed by atoms with Crippen molar-refractivity contribution in [1.29, 1.82) is 0 Å². The van der Waals surface area contributed by atoms with Gasteiger partial charge in [0.25, 0.3) is 0 Å². The zero-order valence-electron chi connectivity index (χ0n) is 10.4. The van der Waals surface area contributed by atoms with Gasteiger partial charge in [0.15, 0.2) is 0 Å². The summed E-state index contributed by atoms with van der Waals surface area (Å²) in [5.41, 5.74) is 0.631. The number of hydrogen-bond donors (Lipinski definition) is 2. The summed E-state index contributed by atoms with van der Waals surface area (Å²) in [5.74, 6) is 0. The minimum absolute atomic E-state index is 0.291. The van der Waals surface area contributed by atoms with Gasteiger partial charge in [0.2, 0.25) is 0 Å². The minimum Gasteiger partial charge on any atom is -0.465 e. The molecule has 0 fully saturated rings. The molecule has 0 radical (unpaired) electrons. The van der Waals surface area contributed by atoms with Gasteiger partial charge >= 0.3 is 6.09 Å². The van der Waals surface area contributed by atoms with E-state index in [1.807, 2.05) is 44.2 Å². The molecule has 0 aromatic heterocycles. The van der Waals surface area contributed by atoms with E-state index in [1.54, 1.807) is 7.11 Å². The van der Waals surface area contributed by atoms with Crippen molar-refractivity contribution in [3.05, 3.63) is 35.9 Å². The number of carboxylic acid groups (broad SMARTS) is 1. The summed E-state index contributed by atoms with van der Waals surface area (Å²) in [6, 6.07) is 9.24. The molecule has 0 aliphatic rings. The lowest BCUT2D eigenvalue weighted by atomic mass is 9.81. The molecule has 0 spiro atoms. The number of nitrogens with one attached hydrogen (secondary N) is 1. The normalized spacial score (nSPS) is 13.1. The van der Waals surface area contributed by atoms with Gasteiger partial charge in [0.05, 0.1) is 12.6 Å². The predicted octanol–water partition coefficient (Wildman–Crippen LogP) is 2.67. The minimum atomic E-state index is -1.02. The van der Waals surface area contributed by atoms with Gasteiger partial charge in [-0.25, -0.2) is 4.79 Å². The van der Waals surface area contributed by atoms with Gasteiger partial charge in [0, 0.05) is 12.5 Å². The van der Waals surface area contributed by atoms with E-state index < -0.39 is 6.09 Å². The average Bonchev–Trinajstić information content (AvgIpc) is 2.26. The molecular weight excluding hydrogens is 218 g/mol. The molecule has 94 valence electrons. The van der Waals surface area contributed by atoms with Crippen LogP contribution in [0.25, 0.3) is 0 Å². The lowest BCUT2D eigenvalue weighted by molar-refractivity contribution is 0.0731. The summed E-state index contributed by atoms with van der Waals surface area (Å²) in [6.07, 6.45) is -1.02. The molecule has 1 amide bonds. The van der Waals surface area contributed by atoms with Crippen LogP contribution in [-0.4, -0.2) is 24.9 Å². The Labute approximate surface area is 102 Å². The van der Waals surface area contributed by atoms with Gasteiger partial charge in [-0.2, -0.15) is 0 Å². The first-order valence-corrected chi connectivity index (χ1v) is 5.50. The Morgan fingerprint density at radius 1 is 1.41 bits per heavy atom. The van der Waals surface area contributed by atoms with Crippen molar-refractivity contribution in [2.45, 2.75) is 19.9 Å². The number of amides is 1. The molecule has 4 nitrogen and oxygen atoms in total. The van der Waals surface area contributed by atoms with Gasteiger partial charge in [-0.1, -0.05) is 44.2 Å². The Kier molecular flexibility index (Phi) is 4.52. The Bertz CT molecular complexity index is 362. The van der Waals surface area contributed by atoms with Crippen molar-refractivity contribution in [1.82, 2.24) is 5.32 Å².